The van der Waals surface area contributed by atoms with Crippen LogP contribution in [0.3, 0.4) is 0 Å². The summed E-state index contributed by atoms with van der Waals surface area (Å²) in [6, 6.07) is 4.99. The van der Waals surface area contributed by atoms with Gasteiger partial charge in [0.1, 0.15) is 0 Å². The molecule has 0 spiro atoms. The molecule has 0 radical (unpaired) electrons. The van der Waals surface area contributed by atoms with Crippen molar-refractivity contribution < 1.29 is 4.79 Å². The second-order valence-corrected chi connectivity index (χ2v) is 3.90. The third-order valence-electron chi connectivity index (χ3n) is 2.29. The van der Waals surface area contributed by atoms with Gasteiger partial charge in [-0.05, 0) is 18.2 Å². The number of nitrogens with one attached hydrogen (secondary N) is 1. The van der Waals surface area contributed by atoms with E-state index in [4.69, 9.17) is 17.3 Å². The van der Waals surface area contributed by atoms with Gasteiger partial charge in [-0.3, -0.25) is 4.79 Å². The lowest BCUT2D eigenvalue weighted by Crippen LogP contribution is -2.20. The Labute approximate surface area is 103 Å². The summed E-state index contributed by atoms with van der Waals surface area (Å²) >= 11 is 5.80. The van der Waals surface area contributed by atoms with E-state index in [1.165, 1.54) is 10.9 Å². The fourth-order valence-corrected chi connectivity index (χ4v) is 1.63. The number of hydrogen-bond donors (Lipinski definition) is 2. The molecule has 1 aromatic heterocycles. The van der Waals surface area contributed by atoms with Gasteiger partial charge in [0.2, 0.25) is 0 Å². The number of nitrogen functional groups attached to an aromatic ring is 1. The Kier molecular flexibility index (Phi) is 3.01. The first-order chi connectivity index (χ1) is 8.11. The number of rotatable bonds is 2. The molecule has 0 saturated carbocycles. The molecule has 0 fully saturated rings. The lowest BCUT2D eigenvalue weighted by molar-refractivity contribution is 0.0963. The van der Waals surface area contributed by atoms with Crippen LogP contribution in [0.1, 0.15) is 10.4 Å². The lowest BCUT2D eigenvalue weighted by atomic mass is 10.1. The maximum absolute atomic E-state index is 11.7. The largest absolute Gasteiger partial charge is 0.399 e. The predicted octanol–water partition coefficient (Wildman–Crippen LogP) is 1.47. The minimum atomic E-state index is -0.202. The summed E-state index contributed by atoms with van der Waals surface area (Å²) in [5, 5.41) is 7.11. The Morgan fingerprint density at radius 3 is 2.88 bits per heavy atom. The van der Waals surface area contributed by atoms with Crippen molar-refractivity contribution in [2.75, 3.05) is 12.8 Å². The molecule has 2 aromatic rings. The second-order valence-electron chi connectivity index (χ2n) is 3.46. The van der Waals surface area contributed by atoms with Crippen molar-refractivity contribution in [1.82, 2.24) is 15.1 Å². The summed E-state index contributed by atoms with van der Waals surface area (Å²) in [6.07, 6.45) is 3.11. The SMILES string of the molecule is CNC(=O)c1ccc(N)cc1-n1cc(Cl)cn1. The number of hydrogen-bond acceptors (Lipinski definition) is 3. The molecule has 0 atom stereocenters. The van der Waals surface area contributed by atoms with Crippen molar-refractivity contribution in [3.05, 3.63) is 41.2 Å². The van der Waals surface area contributed by atoms with Crippen LogP contribution in [0.2, 0.25) is 5.02 Å². The van der Waals surface area contributed by atoms with Crippen LogP contribution in [-0.2, 0) is 0 Å². The van der Waals surface area contributed by atoms with Crippen LogP contribution in [0.5, 0.6) is 0 Å². The van der Waals surface area contributed by atoms with Crippen LogP contribution >= 0.6 is 11.6 Å². The number of halogens is 1. The minimum absolute atomic E-state index is 0.202. The van der Waals surface area contributed by atoms with Gasteiger partial charge in [-0.25, -0.2) is 4.68 Å². The molecular weight excluding hydrogens is 240 g/mol. The van der Waals surface area contributed by atoms with Crippen molar-refractivity contribution in [1.29, 1.82) is 0 Å². The van der Waals surface area contributed by atoms with E-state index in [0.717, 1.165) is 0 Å². The van der Waals surface area contributed by atoms with Crippen molar-refractivity contribution >= 4 is 23.2 Å². The normalized spacial score (nSPS) is 10.2. The first kappa shape index (κ1) is 11.5. The Morgan fingerprint density at radius 2 is 2.29 bits per heavy atom. The van der Waals surface area contributed by atoms with Crippen molar-refractivity contribution in [3.8, 4) is 5.69 Å². The van der Waals surface area contributed by atoms with E-state index in [2.05, 4.69) is 10.4 Å². The molecule has 3 N–H and O–H groups in total. The van der Waals surface area contributed by atoms with Crippen molar-refractivity contribution in [3.63, 3.8) is 0 Å². The summed E-state index contributed by atoms with van der Waals surface area (Å²) < 4.78 is 1.52. The van der Waals surface area contributed by atoms with E-state index in [0.29, 0.717) is 22.0 Å². The Morgan fingerprint density at radius 1 is 1.53 bits per heavy atom. The Bertz CT molecular complexity index is 564. The van der Waals surface area contributed by atoms with Gasteiger partial charge in [0.15, 0.2) is 0 Å². The molecule has 88 valence electrons. The summed E-state index contributed by atoms with van der Waals surface area (Å²) in [4.78, 5) is 11.7. The number of nitrogens with two attached hydrogens (primary N) is 1. The minimum Gasteiger partial charge on any atom is -0.399 e. The van der Waals surface area contributed by atoms with Gasteiger partial charge in [-0.2, -0.15) is 5.10 Å². The average Bonchev–Trinajstić information content (AvgIpc) is 2.75. The maximum atomic E-state index is 11.7. The number of aromatic nitrogens is 2. The summed E-state index contributed by atoms with van der Waals surface area (Å²) in [5.41, 5.74) is 7.34. The topological polar surface area (TPSA) is 72.9 Å². The fraction of sp³-hybridized carbons (Fsp3) is 0.0909. The van der Waals surface area contributed by atoms with Crippen molar-refractivity contribution in [2.45, 2.75) is 0 Å². The number of nitrogens with zero attached hydrogens (tertiary/aromatic N) is 2. The molecule has 1 aromatic carbocycles. The van der Waals surface area contributed by atoms with Gasteiger partial charge in [0.25, 0.3) is 5.91 Å². The molecule has 0 saturated heterocycles. The molecule has 6 heteroatoms. The van der Waals surface area contributed by atoms with Gasteiger partial charge in [0, 0.05) is 18.9 Å². The third kappa shape index (κ3) is 2.24. The highest BCUT2D eigenvalue weighted by molar-refractivity contribution is 6.30. The van der Waals surface area contributed by atoms with Gasteiger partial charge in [-0.1, -0.05) is 11.6 Å². The first-order valence-electron chi connectivity index (χ1n) is 4.94. The molecule has 0 aliphatic rings. The zero-order valence-corrected chi connectivity index (χ0v) is 9.90. The van der Waals surface area contributed by atoms with E-state index in [1.54, 1.807) is 31.4 Å². The first-order valence-corrected chi connectivity index (χ1v) is 5.32. The van der Waals surface area contributed by atoms with Crippen LogP contribution in [-0.4, -0.2) is 22.7 Å². The van der Waals surface area contributed by atoms with E-state index >= 15 is 0 Å². The van der Waals surface area contributed by atoms with E-state index in [-0.39, 0.29) is 5.91 Å². The Hall–Kier alpha value is -2.01. The highest BCUT2D eigenvalue weighted by Gasteiger charge is 2.12. The predicted molar refractivity (Wildman–Crippen MR) is 66.4 cm³/mol. The highest BCUT2D eigenvalue weighted by Crippen LogP contribution is 2.19. The Balaban J connectivity index is 2.58. The molecule has 0 unspecified atom stereocenters. The molecule has 1 heterocycles. The fourth-order valence-electron chi connectivity index (χ4n) is 1.50. The zero-order valence-electron chi connectivity index (χ0n) is 9.14. The number of carbonyl (C=O) groups excluding carboxylic acids is 1. The van der Waals surface area contributed by atoms with Crippen LogP contribution in [0.25, 0.3) is 5.69 Å². The van der Waals surface area contributed by atoms with E-state index in [9.17, 15) is 4.79 Å². The lowest BCUT2D eigenvalue weighted by Gasteiger charge is -2.09. The summed E-state index contributed by atoms with van der Waals surface area (Å²) in [6.45, 7) is 0. The molecule has 0 bridgehead atoms. The quantitative estimate of drug-likeness (QED) is 0.793. The molecule has 0 aliphatic carbocycles. The van der Waals surface area contributed by atoms with Crippen LogP contribution < -0.4 is 11.1 Å². The monoisotopic (exact) mass is 250 g/mol. The van der Waals surface area contributed by atoms with Crippen molar-refractivity contribution in [2.24, 2.45) is 0 Å². The molecule has 0 aliphatic heterocycles. The molecular formula is C11H11ClN4O. The number of amides is 1. The molecule has 1 amide bonds. The highest BCUT2D eigenvalue weighted by atomic mass is 35.5. The molecule has 5 nitrogen and oxygen atoms in total. The maximum Gasteiger partial charge on any atom is 0.253 e. The zero-order chi connectivity index (χ0) is 12.4. The number of benzene rings is 1. The second kappa shape index (κ2) is 4.47. The van der Waals surface area contributed by atoms with E-state index in [1.807, 2.05) is 0 Å². The smallest absolute Gasteiger partial charge is 0.253 e. The molecule has 2 rings (SSSR count). The van der Waals surface area contributed by atoms with E-state index < -0.39 is 0 Å². The number of anilines is 1. The standard InChI is InChI=1S/C11H11ClN4O/c1-14-11(17)9-3-2-8(13)4-10(9)16-6-7(12)5-15-16/h2-6H,13H2,1H3,(H,14,17). The summed E-state index contributed by atoms with van der Waals surface area (Å²) in [5.74, 6) is -0.202. The van der Waals surface area contributed by atoms with Gasteiger partial charge in [-0.15, -0.1) is 0 Å². The van der Waals surface area contributed by atoms with Crippen LogP contribution in [0, 0.1) is 0 Å². The van der Waals surface area contributed by atoms with Gasteiger partial charge in [0.05, 0.1) is 22.5 Å². The van der Waals surface area contributed by atoms with Gasteiger partial charge >= 0.3 is 0 Å². The summed E-state index contributed by atoms with van der Waals surface area (Å²) in [7, 11) is 1.57. The number of carbonyl (C=O) groups is 1. The van der Waals surface area contributed by atoms with Crippen LogP contribution in [0.15, 0.2) is 30.6 Å². The third-order valence-corrected chi connectivity index (χ3v) is 2.49. The molecule has 17 heavy (non-hydrogen) atoms. The van der Waals surface area contributed by atoms with Crippen LogP contribution in [0.4, 0.5) is 5.69 Å². The average molecular weight is 251 g/mol. The van der Waals surface area contributed by atoms with Gasteiger partial charge < -0.3 is 11.1 Å².